The van der Waals surface area contributed by atoms with Gasteiger partial charge in [-0.3, -0.25) is 9.88 Å². The Morgan fingerprint density at radius 3 is 2.84 bits per heavy atom. The summed E-state index contributed by atoms with van der Waals surface area (Å²) in [6, 6.07) is 7.10. The van der Waals surface area contributed by atoms with Crippen LogP contribution in [0.2, 0.25) is 0 Å². The Balaban J connectivity index is 1.78. The first kappa shape index (κ1) is 14.5. The van der Waals surface area contributed by atoms with Gasteiger partial charge in [0.25, 0.3) is 0 Å². The van der Waals surface area contributed by atoms with Gasteiger partial charge in [0.15, 0.2) is 0 Å². The summed E-state index contributed by atoms with van der Waals surface area (Å²) in [5.74, 6) is 0.699. The lowest BCUT2D eigenvalue weighted by Gasteiger charge is -2.24. The van der Waals surface area contributed by atoms with Crippen molar-refractivity contribution in [3.63, 3.8) is 0 Å². The lowest BCUT2D eigenvalue weighted by atomic mass is 10.1. The Morgan fingerprint density at radius 2 is 2.21 bits per heavy atom. The maximum Gasteiger partial charge on any atom is 0.0547 e. The van der Waals surface area contributed by atoms with Crippen LogP contribution in [0, 0.1) is 12.8 Å². The van der Waals surface area contributed by atoms with E-state index in [1.165, 1.54) is 18.5 Å². The Labute approximate surface area is 117 Å². The second kappa shape index (κ2) is 7.01. The number of pyridine rings is 1. The van der Waals surface area contributed by atoms with E-state index in [4.69, 9.17) is 0 Å². The predicted molar refractivity (Wildman–Crippen MR) is 80.1 cm³/mol. The van der Waals surface area contributed by atoms with Crippen molar-refractivity contribution in [2.45, 2.75) is 46.2 Å². The molecule has 106 valence electrons. The van der Waals surface area contributed by atoms with Crippen molar-refractivity contribution in [1.82, 2.24) is 15.2 Å². The van der Waals surface area contributed by atoms with Crippen molar-refractivity contribution in [3.05, 3.63) is 29.6 Å². The second-order valence-corrected chi connectivity index (χ2v) is 5.89. The number of nitrogens with zero attached hydrogens (tertiary/aromatic N) is 2. The van der Waals surface area contributed by atoms with Gasteiger partial charge in [-0.25, -0.2) is 0 Å². The van der Waals surface area contributed by atoms with Gasteiger partial charge in [0.1, 0.15) is 0 Å². The van der Waals surface area contributed by atoms with Crippen LogP contribution in [0.15, 0.2) is 18.2 Å². The first-order chi connectivity index (χ1) is 9.17. The van der Waals surface area contributed by atoms with E-state index in [1.54, 1.807) is 0 Å². The summed E-state index contributed by atoms with van der Waals surface area (Å²) >= 11 is 0. The number of aromatic nitrogens is 1. The van der Waals surface area contributed by atoms with E-state index in [2.05, 4.69) is 54.2 Å². The highest BCUT2D eigenvalue weighted by atomic mass is 15.1. The summed E-state index contributed by atoms with van der Waals surface area (Å²) < 4.78 is 0. The summed E-state index contributed by atoms with van der Waals surface area (Å²) in [5.41, 5.74) is 2.29. The molecule has 3 nitrogen and oxygen atoms in total. The fourth-order valence-electron chi connectivity index (χ4n) is 2.38. The number of hydrogen-bond donors (Lipinski definition) is 1. The Hall–Kier alpha value is -0.930. The molecule has 2 rings (SSSR count). The highest BCUT2D eigenvalue weighted by molar-refractivity contribution is 5.09. The van der Waals surface area contributed by atoms with E-state index >= 15 is 0 Å². The minimum absolute atomic E-state index is 0.699. The van der Waals surface area contributed by atoms with Crippen molar-refractivity contribution in [3.8, 4) is 0 Å². The summed E-state index contributed by atoms with van der Waals surface area (Å²) in [6.07, 6.45) is 2.74. The summed E-state index contributed by atoms with van der Waals surface area (Å²) in [4.78, 5) is 7.08. The van der Waals surface area contributed by atoms with Gasteiger partial charge in [-0.1, -0.05) is 19.9 Å². The molecule has 1 aromatic rings. The molecule has 1 fully saturated rings. The summed E-state index contributed by atoms with van der Waals surface area (Å²) in [5, 5.41) is 3.62. The zero-order valence-electron chi connectivity index (χ0n) is 12.5. The SMILES string of the molecule is CCN(Cc1cccc(C)n1)CC(C)CNC1CC1. The lowest BCUT2D eigenvalue weighted by molar-refractivity contribution is 0.235. The topological polar surface area (TPSA) is 28.2 Å². The smallest absolute Gasteiger partial charge is 0.0547 e. The molecule has 0 aromatic carbocycles. The number of aryl methyl sites for hydroxylation is 1. The molecular weight excluding hydrogens is 234 g/mol. The highest BCUT2D eigenvalue weighted by Gasteiger charge is 2.21. The first-order valence-corrected chi connectivity index (χ1v) is 7.55. The third-order valence-electron chi connectivity index (χ3n) is 3.68. The molecule has 1 saturated carbocycles. The van der Waals surface area contributed by atoms with Crippen LogP contribution in [-0.2, 0) is 6.54 Å². The largest absolute Gasteiger partial charge is 0.314 e. The fraction of sp³-hybridized carbons (Fsp3) is 0.688. The molecule has 0 spiro atoms. The van der Waals surface area contributed by atoms with Gasteiger partial charge in [-0.2, -0.15) is 0 Å². The van der Waals surface area contributed by atoms with Gasteiger partial charge in [-0.15, -0.1) is 0 Å². The van der Waals surface area contributed by atoms with Gasteiger partial charge < -0.3 is 5.32 Å². The molecule has 0 bridgehead atoms. The molecule has 1 unspecified atom stereocenters. The molecule has 1 aliphatic rings. The van der Waals surface area contributed by atoms with Crippen molar-refractivity contribution in [2.24, 2.45) is 5.92 Å². The molecule has 0 aliphatic heterocycles. The maximum atomic E-state index is 4.60. The van der Waals surface area contributed by atoms with E-state index in [-0.39, 0.29) is 0 Å². The van der Waals surface area contributed by atoms with E-state index in [1.807, 2.05) is 0 Å². The van der Waals surface area contributed by atoms with E-state index < -0.39 is 0 Å². The van der Waals surface area contributed by atoms with Gasteiger partial charge >= 0.3 is 0 Å². The average molecular weight is 261 g/mol. The maximum absolute atomic E-state index is 4.60. The van der Waals surface area contributed by atoms with Crippen LogP contribution < -0.4 is 5.32 Å². The minimum Gasteiger partial charge on any atom is -0.314 e. The predicted octanol–water partition coefficient (Wildman–Crippen LogP) is 2.60. The Bertz CT molecular complexity index is 387. The third-order valence-corrected chi connectivity index (χ3v) is 3.68. The van der Waals surface area contributed by atoms with Crippen LogP contribution in [0.1, 0.15) is 38.1 Å². The molecule has 3 heteroatoms. The van der Waals surface area contributed by atoms with Crippen LogP contribution in [0.4, 0.5) is 0 Å². The number of nitrogens with one attached hydrogen (secondary N) is 1. The fourth-order valence-corrected chi connectivity index (χ4v) is 2.38. The normalized spacial score (nSPS) is 16.8. The molecule has 0 saturated heterocycles. The van der Waals surface area contributed by atoms with Crippen LogP contribution in [0.5, 0.6) is 0 Å². The van der Waals surface area contributed by atoms with Crippen molar-refractivity contribution in [1.29, 1.82) is 0 Å². The summed E-state index contributed by atoms with van der Waals surface area (Å²) in [6.45, 7) is 11.0. The Morgan fingerprint density at radius 1 is 1.42 bits per heavy atom. The monoisotopic (exact) mass is 261 g/mol. The highest BCUT2D eigenvalue weighted by Crippen LogP contribution is 2.18. The molecule has 1 aromatic heterocycles. The van der Waals surface area contributed by atoms with Crippen LogP contribution >= 0.6 is 0 Å². The average Bonchev–Trinajstić information content (AvgIpc) is 3.19. The van der Waals surface area contributed by atoms with Crippen LogP contribution in [-0.4, -0.2) is 35.6 Å². The zero-order chi connectivity index (χ0) is 13.7. The van der Waals surface area contributed by atoms with Gasteiger partial charge in [0, 0.05) is 24.8 Å². The quantitative estimate of drug-likeness (QED) is 0.779. The number of hydrogen-bond acceptors (Lipinski definition) is 3. The lowest BCUT2D eigenvalue weighted by Crippen LogP contribution is -2.34. The van der Waals surface area contributed by atoms with E-state index in [0.717, 1.165) is 37.9 Å². The molecule has 1 atom stereocenters. The van der Waals surface area contributed by atoms with Gasteiger partial charge in [0.2, 0.25) is 0 Å². The standard InChI is InChI=1S/C16H27N3/c1-4-19(11-13(2)10-17-15-8-9-15)12-16-7-5-6-14(3)18-16/h5-7,13,15,17H,4,8-12H2,1-3H3. The molecule has 0 radical (unpaired) electrons. The molecule has 19 heavy (non-hydrogen) atoms. The first-order valence-electron chi connectivity index (χ1n) is 7.55. The van der Waals surface area contributed by atoms with Crippen molar-refractivity contribution >= 4 is 0 Å². The van der Waals surface area contributed by atoms with Crippen molar-refractivity contribution < 1.29 is 0 Å². The van der Waals surface area contributed by atoms with Crippen LogP contribution in [0.25, 0.3) is 0 Å². The van der Waals surface area contributed by atoms with Gasteiger partial charge in [0.05, 0.1) is 5.69 Å². The minimum atomic E-state index is 0.699. The second-order valence-electron chi connectivity index (χ2n) is 5.89. The summed E-state index contributed by atoms with van der Waals surface area (Å²) in [7, 11) is 0. The molecule has 1 heterocycles. The van der Waals surface area contributed by atoms with Crippen LogP contribution in [0.3, 0.4) is 0 Å². The molecule has 1 N–H and O–H groups in total. The number of rotatable bonds is 8. The zero-order valence-corrected chi connectivity index (χ0v) is 12.5. The van der Waals surface area contributed by atoms with Gasteiger partial charge in [-0.05, 0) is 50.9 Å². The molecular formula is C16H27N3. The molecule has 0 amide bonds. The Kier molecular flexibility index (Phi) is 5.34. The van der Waals surface area contributed by atoms with Crippen molar-refractivity contribution in [2.75, 3.05) is 19.6 Å². The van der Waals surface area contributed by atoms with E-state index in [9.17, 15) is 0 Å². The van der Waals surface area contributed by atoms with E-state index in [0.29, 0.717) is 5.92 Å². The third kappa shape index (κ3) is 5.29. The molecule has 1 aliphatic carbocycles.